The monoisotopic (exact) mass is 324 g/mol. The quantitative estimate of drug-likeness (QED) is 0.783. The molecule has 0 spiro atoms. The molecule has 0 aromatic heterocycles. The molecule has 0 saturated carbocycles. The van der Waals surface area contributed by atoms with Gasteiger partial charge >= 0.3 is 0 Å². The van der Waals surface area contributed by atoms with Gasteiger partial charge in [0.15, 0.2) is 0 Å². The van der Waals surface area contributed by atoms with Gasteiger partial charge in [-0.1, -0.05) is 33.8 Å². The van der Waals surface area contributed by atoms with Crippen LogP contribution in [0.4, 0.5) is 8.78 Å². The lowest BCUT2D eigenvalue weighted by molar-refractivity contribution is 0.573. The van der Waals surface area contributed by atoms with E-state index in [9.17, 15) is 14.0 Å². The smallest absolute Gasteiger partial charge is 0.141 e. The Morgan fingerprint density at radius 2 is 1.54 bits per heavy atom. The third-order valence-corrected chi connectivity index (χ3v) is 4.36. The highest BCUT2D eigenvalue weighted by atomic mass is 19.1. The molecule has 2 aromatic rings. The molecule has 0 amide bonds. The van der Waals surface area contributed by atoms with E-state index >= 15 is 0 Å². The summed E-state index contributed by atoms with van der Waals surface area (Å²) >= 11 is 0. The van der Waals surface area contributed by atoms with Gasteiger partial charge in [-0.3, -0.25) is 0 Å². The fourth-order valence-electron chi connectivity index (χ4n) is 2.79. The molecular formula is C20H18F2N2. The summed E-state index contributed by atoms with van der Waals surface area (Å²) < 4.78 is 28.4. The van der Waals surface area contributed by atoms with E-state index in [0.717, 1.165) is 0 Å². The molecule has 2 rings (SSSR count). The van der Waals surface area contributed by atoms with E-state index in [4.69, 9.17) is 5.26 Å². The van der Waals surface area contributed by atoms with E-state index in [2.05, 4.69) is 6.07 Å². The van der Waals surface area contributed by atoms with Crippen LogP contribution in [0.5, 0.6) is 0 Å². The van der Waals surface area contributed by atoms with Gasteiger partial charge in [0.2, 0.25) is 0 Å². The first-order valence-corrected chi connectivity index (χ1v) is 7.66. The average molecular weight is 324 g/mol. The molecule has 2 nitrogen and oxygen atoms in total. The number of benzene rings is 2. The number of nitriles is 2. The van der Waals surface area contributed by atoms with Crippen molar-refractivity contribution in [2.45, 2.75) is 39.0 Å². The Hall–Kier alpha value is -2.72. The van der Waals surface area contributed by atoms with Gasteiger partial charge in [0.05, 0.1) is 17.2 Å². The van der Waals surface area contributed by atoms with Crippen molar-refractivity contribution in [2.24, 2.45) is 0 Å². The molecule has 0 aliphatic carbocycles. The Balaban J connectivity index is 2.65. The molecule has 24 heavy (non-hydrogen) atoms. The summed E-state index contributed by atoms with van der Waals surface area (Å²) in [7, 11) is 0. The van der Waals surface area contributed by atoms with Crippen LogP contribution in [-0.2, 0) is 5.41 Å². The second-order valence-electron chi connectivity index (χ2n) is 6.62. The molecule has 2 aromatic carbocycles. The van der Waals surface area contributed by atoms with Crippen LogP contribution in [0.1, 0.15) is 61.4 Å². The Morgan fingerprint density at radius 3 is 2.04 bits per heavy atom. The van der Waals surface area contributed by atoms with Crippen molar-refractivity contribution in [3.05, 3.63) is 69.8 Å². The van der Waals surface area contributed by atoms with E-state index in [-0.39, 0.29) is 17.3 Å². The predicted octanol–water partition coefficient (Wildman–Crippen LogP) is 5.16. The highest BCUT2D eigenvalue weighted by Gasteiger charge is 2.28. The zero-order chi connectivity index (χ0) is 18.1. The third-order valence-electron chi connectivity index (χ3n) is 4.36. The van der Waals surface area contributed by atoms with Gasteiger partial charge in [-0.2, -0.15) is 10.5 Å². The highest BCUT2D eigenvalue weighted by Crippen LogP contribution is 2.36. The highest BCUT2D eigenvalue weighted by molar-refractivity contribution is 5.51. The fraction of sp³-hybridized carbons (Fsp3) is 0.300. The summed E-state index contributed by atoms with van der Waals surface area (Å²) in [5, 5.41) is 18.3. The average Bonchev–Trinajstić information content (AvgIpc) is 2.54. The SMILES string of the molecule is CC(C)c1cc(C#N)c(C(C)(C)c2ccc(C#N)c(F)c2)cc1F. The molecule has 0 bridgehead atoms. The van der Waals surface area contributed by atoms with Crippen LogP contribution < -0.4 is 0 Å². The maximum atomic E-state index is 14.4. The van der Waals surface area contributed by atoms with Crippen molar-refractivity contribution in [1.82, 2.24) is 0 Å². The minimum Gasteiger partial charge on any atom is -0.207 e. The van der Waals surface area contributed by atoms with Crippen molar-refractivity contribution in [1.29, 1.82) is 10.5 Å². The molecule has 122 valence electrons. The molecule has 4 heteroatoms. The molecule has 0 N–H and O–H groups in total. The molecule has 0 atom stereocenters. The van der Waals surface area contributed by atoms with Crippen molar-refractivity contribution >= 4 is 0 Å². The number of hydrogen-bond donors (Lipinski definition) is 0. The minimum atomic E-state index is -0.782. The molecule has 0 aliphatic rings. The lowest BCUT2D eigenvalue weighted by Gasteiger charge is -2.28. The van der Waals surface area contributed by atoms with Crippen LogP contribution in [0.15, 0.2) is 30.3 Å². The van der Waals surface area contributed by atoms with Crippen LogP contribution in [0.2, 0.25) is 0 Å². The molecule has 0 fully saturated rings. The topological polar surface area (TPSA) is 47.6 Å². The molecule has 0 radical (unpaired) electrons. The van der Waals surface area contributed by atoms with E-state index in [1.807, 2.05) is 13.8 Å². The van der Waals surface area contributed by atoms with Crippen LogP contribution in [0.25, 0.3) is 0 Å². The first-order chi connectivity index (χ1) is 11.2. The number of hydrogen-bond acceptors (Lipinski definition) is 2. The van der Waals surface area contributed by atoms with Crippen molar-refractivity contribution < 1.29 is 8.78 Å². The fourth-order valence-corrected chi connectivity index (χ4v) is 2.79. The zero-order valence-electron chi connectivity index (χ0n) is 14.1. The maximum Gasteiger partial charge on any atom is 0.141 e. The number of halogens is 2. The summed E-state index contributed by atoms with van der Waals surface area (Å²) in [6.07, 6.45) is 0. The van der Waals surface area contributed by atoms with E-state index in [1.165, 1.54) is 18.2 Å². The molecule has 0 saturated heterocycles. The lowest BCUT2D eigenvalue weighted by atomic mass is 9.75. The summed E-state index contributed by atoms with van der Waals surface area (Å²) in [5.41, 5.74) is 1.10. The van der Waals surface area contributed by atoms with E-state index in [0.29, 0.717) is 22.3 Å². The molecular weight excluding hydrogens is 306 g/mol. The van der Waals surface area contributed by atoms with Crippen molar-refractivity contribution in [3.63, 3.8) is 0 Å². The maximum absolute atomic E-state index is 14.4. The Kier molecular flexibility index (Phi) is 4.71. The second kappa shape index (κ2) is 6.42. The lowest BCUT2D eigenvalue weighted by Crippen LogP contribution is -2.21. The predicted molar refractivity (Wildman–Crippen MR) is 88.4 cm³/mol. The van der Waals surface area contributed by atoms with Crippen molar-refractivity contribution in [3.8, 4) is 12.1 Å². The van der Waals surface area contributed by atoms with Crippen molar-refractivity contribution in [2.75, 3.05) is 0 Å². The van der Waals surface area contributed by atoms with Crippen LogP contribution in [0.3, 0.4) is 0 Å². The zero-order valence-corrected chi connectivity index (χ0v) is 14.1. The third kappa shape index (κ3) is 3.01. The van der Waals surface area contributed by atoms with Gasteiger partial charge in [0, 0.05) is 5.41 Å². The summed E-state index contributed by atoms with van der Waals surface area (Å²) in [6.45, 7) is 7.33. The van der Waals surface area contributed by atoms with Crippen LogP contribution in [-0.4, -0.2) is 0 Å². The van der Waals surface area contributed by atoms with Crippen LogP contribution >= 0.6 is 0 Å². The van der Waals surface area contributed by atoms with Gasteiger partial charge in [-0.05, 0) is 46.9 Å². The Morgan fingerprint density at radius 1 is 0.917 bits per heavy atom. The Labute approximate surface area is 141 Å². The molecule has 0 aliphatic heterocycles. The van der Waals surface area contributed by atoms with Gasteiger partial charge in [0.25, 0.3) is 0 Å². The van der Waals surface area contributed by atoms with Gasteiger partial charge in [-0.25, -0.2) is 8.78 Å². The first-order valence-electron chi connectivity index (χ1n) is 7.66. The normalized spacial score (nSPS) is 11.2. The standard InChI is InChI=1S/C20H18F2N2/c1-12(2)16-7-14(11-24)17(9-19(16)22)20(3,4)15-6-5-13(10-23)18(21)8-15/h5-9,12H,1-4H3. The second-order valence-corrected chi connectivity index (χ2v) is 6.62. The van der Waals surface area contributed by atoms with Gasteiger partial charge < -0.3 is 0 Å². The first kappa shape index (κ1) is 17.6. The number of nitrogens with zero attached hydrogens (tertiary/aromatic N) is 2. The molecule has 0 heterocycles. The summed E-state index contributed by atoms with van der Waals surface area (Å²) in [5.74, 6) is -1.04. The number of rotatable bonds is 3. The molecule has 0 unspecified atom stereocenters. The van der Waals surface area contributed by atoms with Gasteiger partial charge in [-0.15, -0.1) is 0 Å². The van der Waals surface area contributed by atoms with E-state index < -0.39 is 11.2 Å². The largest absolute Gasteiger partial charge is 0.207 e. The summed E-state index contributed by atoms with van der Waals surface area (Å²) in [6, 6.07) is 11.1. The Bertz CT molecular complexity index is 868. The van der Waals surface area contributed by atoms with Gasteiger partial charge in [0.1, 0.15) is 17.7 Å². The summed E-state index contributed by atoms with van der Waals surface area (Å²) in [4.78, 5) is 0. The minimum absolute atomic E-state index is 0.0402. The van der Waals surface area contributed by atoms with E-state index in [1.54, 1.807) is 32.0 Å². The van der Waals surface area contributed by atoms with Crippen LogP contribution in [0, 0.1) is 34.3 Å².